The Labute approximate surface area is 176 Å². The van der Waals surface area contributed by atoms with E-state index in [-0.39, 0.29) is 15.8 Å². The topological polar surface area (TPSA) is 81.0 Å². The largest absolute Gasteiger partial charge is 0.433 e. The van der Waals surface area contributed by atoms with Crippen LogP contribution >= 0.6 is 11.8 Å². The number of hydrogen-bond donors (Lipinski definition) is 0. The van der Waals surface area contributed by atoms with Gasteiger partial charge in [-0.05, 0) is 30.7 Å². The molecule has 2 aromatic heterocycles. The van der Waals surface area contributed by atoms with Crippen LogP contribution in [0.5, 0.6) is 0 Å². The average molecular weight is 460 g/mol. The summed E-state index contributed by atoms with van der Waals surface area (Å²) in [5.74, 6) is 0.850. The summed E-state index contributed by atoms with van der Waals surface area (Å²) in [6.45, 7) is 2.62. The molecule has 0 atom stereocenters. The van der Waals surface area contributed by atoms with Crippen LogP contribution in [-0.4, -0.2) is 46.3 Å². The third-order valence-electron chi connectivity index (χ3n) is 4.28. The van der Waals surface area contributed by atoms with Crippen molar-refractivity contribution >= 4 is 32.8 Å². The lowest BCUT2D eigenvalue weighted by molar-refractivity contribution is -0.141. The number of alkyl halides is 3. The molecule has 12 heteroatoms. The van der Waals surface area contributed by atoms with E-state index in [2.05, 4.69) is 15.0 Å². The molecule has 0 N–H and O–H groups in total. The molecule has 0 aliphatic heterocycles. The average Bonchev–Trinajstić information content (AvgIpc) is 3.03. The first kappa shape index (κ1) is 22.5. The first-order valence-electron chi connectivity index (χ1n) is 8.98. The molecule has 0 unspecified atom stereocenters. The highest BCUT2D eigenvalue weighted by atomic mass is 32.2. The number of aryl methyl sites for hydroxylation is 1. The fraction of sp³-hybridized carbons (Fsp3) is 0.389. The third-order valence-corrected chi connectivity index (χ3v) is 6.95. The minimum absolute atomic E-state index is 0.00389. The summed E-state index contributed by atoms with van der Waals surface area (Å²) < 4.78 is 66.4. The van der Waals surface area contributed by atoms with E-state index in [1.165, 1.54) is 26.2 Å². The number of imidazole rings is 1. The van der Waals surface area contributed by atoms with Crippen LogP contribution in [0.25, 0.3) is 11.0 Å². The lowest BCUT2D eigenvalue weighted by atomic mass is 10.3. The number of benzene rings is 1. The first-order valence-corrected chi connectivity index (χ1v) is 11.4. The van der Waals surface area contributed by atoms with Gasteiger partial charge in [-0.1, -0.05) is 18.7 Å². The van der Waals surface area contributed by atoms with Crippen LogP contribution in [0.15, 0.2) is 40.5 Å². The van der Waals surface area contributed by atoms with Crippen LogP contribution in [0.4, 0.5) is 13.2 Å². The number of thioether (sulfide) groups is 1. The maximum atomic E-state index is 12.9. The quantitative estimate of drug-likeness (QED) is 0.395. The van der Waals surface area contributed by atoms with E-state index in [4.69, 9.17) is 0 Å². The van der Waals surface area contributed by atoms with Crippen LogP contribution < -0.4 is 0 Å². The Hall–Kier alpha value is -2.18. The number of sulfonamides is 1. The Morgan fingerprint density at radius 1 is 1.17 bits per heavy atom. The van der Waals surface area contributed by atoms with E-state index < -0.39 is 21.9 Å². The SMILES string of the molecule is CCCn1c(CSc2nccc(C(F)(F)F)n2)nc2cc(S(=O)(=O)N(C)C)ccc21. The van der Waals surface area contributed by atoms with Crippen molar-refractivity contribution in [2.75, 3.05) is 14.1 Å². The molecule has 0 aliphatic rings. The molecule has 1 aromatic carbocycles. The Morgan fingerprint density at radius 3 is 2.53 bits per heavy atom. The Morgan fingerprint density at radius 2 is 1.90 bits per heavy atom. The monoisotopic (exact) mass is 459 g/mol. The van der Waals surface area contributed by atoms with E-state index >= 15 is 0 Å². The number of hydrogen-bond acceptors (Lipinski definition) is 6. The van der Waals surface area contributed by atoms with Crippen molar-refractivity contribution < 1.29 is 21.6 Å². The molecule has 162 valence electrons. The maximum absolute atomic E-state index is 12.9. The van der Waals surface area contributed by atoms with Crippen molar-refractivity contribution in [1.82, 2.24) is 23.8 Å². The second kappa shape index (κ2) is 8.52. The van der Waals surface area contributed by atoms with Crippen molar-refractivity contribution in [3.8, 4) is 0 Å². The summed E-state index contributed by atoms with van der Waals surface area (Å²) in [6.07, 6.45) is -2.66. The molecular formula is C18H20F3N5O2S2. The van der Waals surface area contributed by atoms with Gasteiger partial charge in [-0.2, -0.15) is 13.2 Å². The van der Waals surface area contributed by atoms with Crippen LogP contribution in [-0.2, 0) is 28.5 Å². The summed E-state index contributed by atoms with van der Waals surface area (Å²) in [5.41, 5.74) is 0.266. The number of rotatable bonds is 7. The summed E-state index contributed by atoms with van der Waals surface area (Å²) in [6, 6.07) is 5.55. The molecule has 0 saturated heterocycles. The summed E-state index contributed by atoms with van der Waals surface area (Å²) in [4.78, 5) is 12.1. The molecule has 0 aliphatic carbocycles. The zero-order valence-corrected chi connectivity index (χ0v) is 18.1. The highest BCUT2D eigenvalue weighted by molar-refractivity contribution is 7.98. The Kier molecular flexibility index (Phi) is 6.39. The van der Waals surface area contributed by atoms with E-state index in [0.29, 0.717) is 17.9 Å². The maximum Gasteiger partial charge on any atom is 0.433 e. The first-order chi connectivity index (χ1) is 14.0. The second-order valence-electron chi connectivity index (χ2n) is 6.63. The lowest BCUT2D eigenvalue weighted by Crippen LogP contribution is -2.22. The normalized spacial score (nSPS) is 12.8. The standard InChI is InChI=1S/C18H20F3N5O2S2/c1-4-9-26-14-6-5-12(30(27,28)25(2)3)10-13(14)23-16(26)11-29-17-22-8-7-15(24-17)18(19,20)21/h5-8,10H,4,9,11H2,1-3H3. The summed E-state index contributed by atoms with van der Waals surface area (Å²) in [5, 5.41) is -0.00389. The van der Waals surface area contributed by atoms with Gasteiger partial charge in [0.25, 0.3) is 0 Å². The van der Waals surface area contributed by atoms with E-state index in [0.717, 1.165) is 40.3 Å². The zero-order valence-electron chi connectivity index (χ0n) is 16.5. The fourth-order valence-corrected chi connectivity index (χ4v) is 4.51. The molecule has 2 heterocycles. The van der Waals surface area contributed by atoms with Gasteiger partial charge in [0.15, 0.2) is 5.16 Å². The van der Waals surface area contributed by atoms with E-state index in [1.807, 2.05) is 11.5 Å². The number of aromatic nitrogens is 4. The molecule has 0 radical (unpaired) electrons. The zero-order chi connectivity index (χ0) is 22.1. The van der Waals surface area contributed by atoms with Crippen LogP contribution in [0.2, 0.25) is 0 Å². The van der Waals surface area contributed by atoms with Crippen molar-refractivity contribution in [1.29, 1.82) is 0 Å². The molecule has 0 fully saturated rings. The molecule has 3 aromatic rings. The molecule has 3 rings (SSSR count). The minimum atomic E-state index is -4.54. The van der Waals surface area contributed by atoms with Gasteiger partial charge in [-0.3, -0.25) is 0 Å². The van der Waals surface area contributed by atoms with Crippen molar-refractivity contribution in [3.63, 3.8) is 0 Å². The Balaban J connectivity index is 1.94. The van der Waals surface area contributed by atoms with Crippen LogP contribution in [0, 0.1) is 0 Å². The van der Waals surface area contributed by atoms with E-state index in [9.17, 15) is 21.6 Å². The van der Waals surface area contributed by atoms with Crippen LogP contribution in [0.1, 0.15) is 24.9 Å². The van der Waals surface area contributed by atoms with Gasteiger partial charge >= 0.3 is 6.18 Å². The number of nitrogens with zero attached hydrogens (tertiary/aromatic N) is 5. The van der Waals surface area contributed by atoms with Crippen molar-refractivity contribution in [2.24, 2.45) is 0 Å². The van der Waals surface area contributed by atoms with Gasteiger partial charge in [0, 0.05) is 26.8 Å². The highest BCUT2D eigenvalue weighted by Gasteiger charge is 2.32. The summed E-state index contributed by atoms with van der Waals surface area (Å²) in [7, 11) is -0.704. The second-order valence-corrected chi connectivity index (χ2v) is 9.72. The fourth-order valence-electron chi connectivity index (χ4n) is 2.81. The molecule has 0 saturated carbocycles. The van der Waals surface area contributed by atoms with Gasteiger partial charge in [0.1, 0.15) is 11.5 Å². The highest BCUT2D eigenvalue weighted by Crippen LogP contribution is 2.30. The van der Waals surface area contributed by atoms with Gasteiger partial charge < -0.3 is 4.57 Å². The number of fused-ring (bicyclic) bond motifs is 1. The molecule has 30 heavy (non-hydrogen) atoms. The van der Waals surface area contributed by atoms with Gasteiger partial charge in [-0.25, -0.2) is 27.7 Å². The lowest BCUT2D eigenvalue weighted by Gasteiger charge is -2.11. The van der Waals surface area contributed by atoms with Gasteiger partial charge in [0.2, 0.25) is 10.0 Å². The van der Waals surface area contributed by atoms with Gasteiger partial charge in [-0.15, -0.1) is 0 Å². The smallest absolute Gasteiger partial charge is 0.327 e. The predicted molar refractivity (Wildman–Crippen MR) is 107 cm³/mol. The minimum Gasteiger partial charge on any atom is -0.327 e. The number of halogens is 3. The third kappa shape index (κ3) is 4.60. The van der Waals surface area contributed by atoms with Gasteiger partial charge in [0.05, 0.1) is 21.7 Å². The Bertz CT molecular complexity index is 1160. The summed E-state index contributed by atoms with van der Waals surface area (Å²) >= 11 is 1.04. The van der Waals surface area contributed by atoms with Crippen LogP contribution in [0.3, 0.4) is 0 Å². The predicted octanol–water partition coefficient (Wildman–Crippen LogP) is 3.80. The molecule has 0 amide bonds. The van der Waals surface area contributed by atoms with Crippen molar-refractivity contribution in [2.45, 2.75) is 41.9 Å². The van der Waals surface area contributed by atoms with E-state index in [1.54, 1.807) is 6.07 Å². The molecule has 7 nitrogen and oxygen atoms in total. The molecular weight excluding hydrogens is 439 g/mol. The van der Waals surface area contributed by atoms with Crippen molar-refractivity contribution in [3.05, 3.63) is 42.0 Å². The molecule has 0 bridgehead atoms. The molecule has 0 spiro atoms.